The lowest BCUT2D eigenvalue weighted by Gasteiger charge is -2.37. The molecule has 3 rings (SSSR count). The first kappa shape index (κ1) is 14.4. The van der Waals surface area contributed by atoms with Gasteiger partial charge in [0.15, 0.2) is 0 Å². The van der Waals surface area contributed by atoms with Crippen LogP contribution in [0.3, 0.4) is 0 Å². The summed E-state index contributed by atoms with van der Waals surface area (Å²) in [6, 6.07) is -0.352. The number of nitrogens with zero attached hydrogens (tertiary/aromatic N) is 2. The van der Waals surface area contributed by atoms with Gasteiger partial charge in [0.05, 0.1) is 0 Å². The first-order valence-corrected chi connectivity index (χ1v) is 8.02. The average molecular weight is 293 g/mol. The maximum Gasteiger partial charge on any atom is 0.245 e. The fourth-order valence-corrected chi connectivity index (χ4v) is 3.60. The van der Waals surface area contributed by atoms with Crippen LogP contribution in [0.5, 0.6) is 0 Å². The third-order valence-electron chi connectivity index (χ3n) is 4.90. The summed E-state index contributed by atoms with van der Waals surface area (Å²) in [6.07, 6.45) is 5.40. The van der Waals surface area contributed by atoms with Crippen molar-refractivity contribution in [2.75, 3.05) is 26.2 Å². The zero-order valence-corrected chi connectivity index (χ0v) is 12.3. The monoisotopic (exact) mass is 293 g/mol. The number of piperazine rings is 1. The van der Waals surface area contributed by atoms with Gasteiger partial charge in [0.1, 0.15) is 6.04 Å². The molecule has 1 saturated carbocycles. The highest BCUT2D eigenvalue weighted by Gasteiger charge is 2.34. The molecular formula is C15H23N3O3. The van der Waals surface area contributed by atoms with Gasteiger partial charge in [-0.1, -0.05) is 12.8 Å². The van der Waals surface area contributed by atoms with E-state index in [2.05, 4.69) is 5.32 Å². The SMILES string of the molecule is O=C1CCC(C(=O)N2CCN(C(=O)C3CCCC3)CC2)N1. The molecule has 1 unspecified atom stereocenters. The number of nitrogens with one attached hydrogen (secondary N) is 1. The van der Waals surface area contributed by atoms with Crippen LogP contribution in [0.1, 0.15) is 38.5 Å². The van der Waals surface area contributed by atoms with Crippen LogP contribution < -0.4 is 5.32 Å². The van der Waals surface area contributed by atoms with E-state index in [1.165, 1.54) is 0 Å². The Morgan fingerprint density at radius 3 is 2.00 bits per heavy atom. The summed E-state index contributed by atoms with van der Waals surface area (Å²) < 4.78 is 0. The molecule has 0 aromatic heterocycles. The van der Waals surface area contributed by atoms with E-state index in [-0.39, 0.29) is 29.7 Å². The van der Waals surface area contributed by atoms with Crippen LogP contribution in [0, 0.1) is 5.92 Å². The van der Waals surface area contributed by atoms with Crippen LogP contribution in [0.25, 0.3) is 0 Å². The summed E-state index contributed by atoms with van der Waals surface area (Å²) in [7, 11) is 0. The molecule has 1 aliphatic carbocycles. The molecule has 1 atom stereocenters. The lowest BCUT2D eigenvalue weighted by molar-refractivity contribution is -0.143. The Morgan fingerprint density at radius 1 is 0.905 bits per heavy atom. The maximum absolute atomic E-state index is 12.3. The van der Waals surface area contributed by atoms with E-state index >= 15 is 0 Å². The number of amides is 3. The molecule has 116 valence electrons. The molecule has 0 bridgehead atoms. The molecule has 3 aliphatic rings. The van der Waals surface area contributed by atoms with E-state index in [0.29, 0.717) is 39.0 Å². The maximum atomic E-state index is 12.3. The Kier molecular flexibility index (Phi) is 4.12. The Balaban J connectivity index is 1.49. The summed E-state index contributed by atoms with van der Waals surface area (Å²) >= 11 is 0. The minimum atomic E-state index is -0.352. The van der Waals surface area contributed by atoms with E-state index in [9.17, 15) is 14.4 Å². The first-order chi connectivity index (χ1) is 10.1. The Bertz CT molecular complexity index is 437. The molecule has 0 spiro atoms. The van der Waals surface area contributed by atoms with Gasteiger partial charge in [-0.2, -0.15) is 0 Å². The highest BCUT2D eigenvalue weighted by Crippen LogP contribution is 2.27. The summed E-state index contributed by atoms with van der Waals surface area (Å²) in [5.41, 5.74) is 0. The van der Waals surface area contributed by atoms with Crippen molar-refractivity contribution >= 4 is 17.7 Å². The van der Waals surface area contributed by atoms with Gasteiger partial charge in [-0.25, -0.2) is 0 Å². The average Bonchev–Trinajstić information content (AvgIpc) is 3.17. The van der Waals surface area contributed by atoms with Crippen molar-refractivity contribution in [3.05, 3.63) is 0 Å². The molecule has 2 saturated heterocycles. The van der Waals surface area contributed by atoms with Crippen LogP contribution >= 0.6 is 0 Å². The molecule has 0 aromatic carbocycles. The van der Waals surface area contributed by atoms with Crippen molar-refractivity contribution < 1.29 is 14.4 Å². The molecule has 0 radical (unpaired) electrons. The summed E-state index contributed by atoms with van der Waals surface area (Å²) in [5, 5.41) is 2.72. The smallest absolute Gasteiger partial charge is 0.245 e. The van der Waals surface area contributed by atoms with E-state index in [1.54, 1.807) is 4.90 Å². The summed E-state index contributed by atoms with van der Waals surface area (Å²) in [6.45, 7) is 2.43. The van der Waals surface area contributed by atoms with E-state index < -0.39 is 0 Å². The van der Waals surface area contributed by atoms with E-state index in [0.717, 1.165) is 25.7 Å². The molecule has 2 aliphatic heterocycles. The second kappa shape index (κ2) is 6.03. The highest BCUT2D eigenvalue weighted by molar-refractivity contribution is 5.91. The quantitative estimate of drug-likeness (QED) is 0.786. The van der Waals surface area contributed by atoms with Gasteiger partial charge in [0, 0.05) is 38.5 Å². The van der Waals surface area contributed by atoms with Crippen LogP contribution in [0.4, 0.5) is 0 Å². The number of carbonyl (C=O) groups is 3. The molecule has 6 heteroatoms. The molecule has 3 fully saturated rings. The zero-order chi connectivity index (χ0) is 14.8. The van der Waals surface area contributed by atoms with Gasteiger partial charge in [-0.05, 0) is 19.3 Å². The van der Waals surface area contributed by atoms with Crippen LogP contribution in [0.15, 0.2) is 0 Å². The number of carbonyl (C=O) groups excluding carboxylic acids is 3. The fraction of sp³-hybridized carbons (Fsp3) is 0.800. The minimum absolute atomic E-state index is 0.00816. The van der Waals surface area contributed by atoms with Crippen LogP contribution in [0.2, 0.25) is 0 Å². The van der Waals surface area contributed by atoms with Crippen molar-refractivity contribution in [1.82, 2.24) is 15.1 Å². The van der Waals surface area contributed by atoms with Crippen molar-refractivity contribution in [1.29, 1.82) is 0 Å². The van der Waals surface area contributed by atoms with Crippen LogP contribution in [-0.2, 0) is 14.4 Å². The Labute approximate surface area is 124 Å². The molecule has 0 aromatic rings. The lowest BCUT2D eigenvalue weighted by Crippen LogP contribution is -2.55. The van der Waals surface area contributed by atoms with Gasteiger partial charge in [-0.3, -0.25) is 14.4 Å². The molecular weight excluding hydrogens is 270 g/mol. The molecule has 2 heterocycles. The number of hydrogen-bond donors (Lipinski definition) is 1. The third-order valence-corrected chi connectivity index (χ3v) is 4.90. The summed E-state index contributed by atoms with van der Waals surface area (Å²) in [5.74, 6) is 0.451. The van der Waals surface area contributed by atoms with Crippen molar-refractivity contribution in [3.63, 3.8) is 0 Å². The third kappa shape index (κ3) is 3.04. The topological polar surface area (TPSA) is 69.7 Å². The Hall–Kier alpha value is -1.59. The second-order valence-corrected chi connectivity index (χ2v) is 6.29. The fourth-order valence-electron chi connectivity index (χ4n) is 3.60. The van der Waals surface area contributed by atoms with Gasteiger partial charge in [0.2, 0.25) is 17.7 Å². The predicted octanol–water partition coefficient (Wildman–Crippen LogP) is 0.126. The standard InChI is InChI=1S/C15H23N3O3/c19-13-6-5-12(16-13)15(21)18-9-7-17(8-10-18)14(20)11-3-1-2-4-11/h11-12H,1-10H2,(H,16,19). The largest absolute Gasteiger partial charge is 0.344 e. The first-order valence-electron chi connectivity index (χ1n) is 8.02. The highest BCUT2D eigenvalue weighted by atomic mass is 16.2. The lowest BCUT2D eigenvalue weighted by atomic mass is 10.1. The number of hydrogen-bond acceptors (Lipinski definition) is 3. The minimum Gasteiger partial charge on any atom is -0.344 e. The van der Waals surface area contributed by atoms with Gasteiger partial charge in [0.25, 0.3) is 0 Å². The zero-order valence-electron chi connectivity index (χ0n) is 12.3. The molecule has 3 amide bonds. The van der Waals surface area contributed by atoms with E-state index in [1.807, 2.05) is 4.90 Å². The molecule has 6 nitrogen and oxygen atoms in total. The molecule has 1 N–H and O–H groups in total. The second-order valence-electron chi connectivity index (χ2n) is 6.29. The predicted molar refractivity (Wildman–Crippen MR) is 76.3 cm³/mol. The summed E-state index contributed by atoms with van der Waals surface area (Å²) in [4.78, 5) is 39.5. The van der Waals surface area contributed by atoms with E-state index in [4.69, 9.17) is 0 Å². The normalized spacial score (nSPS) is 27.0. The van der Waals surface area contributed by atoms with Gasteiger partial charge in [-0.15, -0.1) is 0 Å². The van der Waals surface area contributed by atoms with Gasteiger partial charge < -0.3 is 15.1 Å². The van der Waals surface area contributed by atoms with Crippen LogP contribution in [-0.4, -0.2) is 59.7 Å². The Morgan fingerprint density at radius 2 is 1.48 bits per heavy atom. The van der Waals surface area contributed by atoms with Crippen molar-refractivity contribution in [3.8, 4) is 0 Å². The number of rotatable bonds is 2. The molecule has 21 heavy (non-hydrogen) atoms. The van der Waals surface area contributed by atoms with Gasteiger partial charge >= 0.3 is 0 Å². The van der Waals surface area contributed by atoms with Crippen molar-refractivity contribution in [2.45, 2.75) is 44.6 Å². The van der Waals surface area contributed by atoms with Crippen molar-refractivity contribution in [2.24, 2.45) is 5.92 Å².